The molecule has 0 bridgehead atoms. The molecule has 3 heterocycles. The number of carbonyl (C=O) groups is 2. The highest BCUT2D eigenvalue weighted by molar-refractivity contribution is 5.94. The number of pyridine rings is 1. The fourth-order valence-corrected chi connectivity index (χ4v) is 4.09. The number of halogens is 1. The van der Waals surface area contributed by atoms with Gasteiger partial charge in [-0.1, -0.05) is 24.3 Å². The van der Waals surface area contributed by atoms with E-state index in [4.69, 9.17) is 4.74 Å². The zero-order valence-electron chi connectivity index (χ0n) is 17.1. The number of cyclic esters (lactones) is 1. The van der Waals surface area contributed by atoms with E-state index in [0.717, 1.165) is 27.6 Å². The van der Waals surface area contributed by atoms with Crippen LogP contribution in [0.4, 0.5) is 4.39 Å². The molecule has 1 amide bonds. The number of hydrogen-bond donors (Lipinski definition) is 1. The molecule has 0 radical (unpaired) electrons. The third-order valence-electron chi connectivity index (χ3n) is 5.68. The van der Waals surface area contributed by atoms with Crippen LogP contribution in [0.15, 0.2) is 73.2 Å². The molecule has 32 heavy (non-hydrogen) atoms. The average Bonchev–Trinajstić information content (AvgIpc) is 3.34. The first-order valence-corrected chi connectivity index (χ1v) is 10.3. The van der Waals surface area contributed by atoms with Crippen LogP contribution in [-0.4, -0.2) is 26.7 Å². The quantitative estimate of drug-likeness (QED) is 0.457. The predicted octanol–water partition coefficient (Wildman–Crippen LogP) is 4.53. The fraction of sp³-hybridized carbons (Fsp3) is 0.160. The van der Waals surface area contributed by atoms with E-state index in [-0.39, 0.29) is 24.7 Å². The van der Waals surface area contributed by atoms with Gasteiger partial charge in [-0.15, -0.1) is 0 Å². The Morgan fingerprint density at radius 2 is 2.00 bits per heavy atom. The van der Waals surface area contributed by atoms with E-state index in [1.165, 1.54) is 12.1 Å². The molecule has 0 spiro atoms. The van der Waals surface area contributed by atoms with Crippen molar-refractivity contribution in [2.45, 2.75) is 25.6 Å². The molecule has 1 aliphatic rings. The summed E-state index contributed by atoms with van der Waals surface area (Å²) in [5.41, 5.74) is 3.70. The Hall–Kier alpha value is -4.00. The number of ether oxygens (including phenoxy) is 1. The van der Waals surface area contributed by atoms with Gasteiger partial charge in [0, 0.05) is 48.1 Å². The second kappa shape index (κ2) is 8.26. The molecule has 2 aromatic heterocycles. The minimum Gasteiger partial charge on any atom is -0.453 e. The summed E-state index contributed by atoms with van der Waals surface area (Å²) in [6, 6.07) is 15.4. The maximum atomic E-state index is 13.8. The van der Waals surface area contributed by atoms with E-state index in [1.807, 2.05) is 24.3 Å². The minimum absolute atomic E-state index is 0.0275. The molecule has 7 heteroatoms. The number of hydrogen-bond acceptors (Lipinski definition) is 4. The largest absolute Gasteiger partial charge is 0.453 e. The van der Waals surface area contributed by atoms with Gasteiger partial charge in [-0.2, -0.15) is 0 Å². The van der Waals surface area contributed by atoms with Crippen molar-refractivity contribution >= 4 is 22.8 Å². The lowest BCUT2D eigenvalue weighted by molar-refractivity contribution is -0.134. The number of nitrogens with one attached hydrogen (secondary N) is 1. The molecule has 1 unspecified atom stereocenters. The number of fused-ring (bicyclic) bond motifs is 2. The van der Waals surface area contributed by atoms with E-state index in [0.29, 0.717) is 12.1 Å². The van der Waals surface area contributed by atoms with Crippen molar-refractivity contribution in [3.63, 3.8) is 0 Å². The highest BCUT2D eigenvalue weighted by atomic mass is 19.1. The van der Waals surface area contributed by atoms with Crippen molar-refractivity contribution in [3.05, 3.63) is 101 Å². The van der Waals surface area contributed by atoms with Crippen LogP contribution < -0.4 is 0 Å². The van der Waals surface area contributed by atoms with Crippen molar-refractivity contribution in [1.82, 2.24) is 14.9 Å². The van der Waals surface area contributed by atoms with E-state index >= 15 is 0 Å². The summed E-state index contributed by atoms with van der Waals surface area (Å²) in [6.45, 7) is 0.608. The number of aromatic nitrogens is 2. The molecule has 1 atom stereocenters. The van der Waals surface area contributed by atoms with Crippen LogP contribution in [-0.2, 0) is 22.6 Å². The summed E-state index contributed by atoms with van der Waals surface area (Å²) in [5.74, 6) is -0.920. The molecule has 1 aliphatic heterocycles. The second-order valence-corrected chi connectivity index (χ2v) is 7.80. The number of H-pyrrole nitrogens is 1. The van der Waals surface area contributed by atoms with Gasteiger partial charge in [0.25, 0.3) is 0 Å². The molecular weight excluding hydrogens is 409 g/mol. The van der Waals surface area contributed by atoms with Gasteiger partial charge in [0.15, 0.2) is 0 Å². The molecule has 0 saturated carbocycles. The van der Waals surface area contributed by atoms with Crippen molar-refractivity contribution in [2.24, 2.45) is 0 Å². The number of rotatable bonds is 6. The smallest absolute Gasteiger partial charge is 0.339 e. The van der Waals surface area contributed by atoms with Crippen LogP contribution >= 0.6 is 0 Å². The Morgan fingerprint density at radius 1 is 1.12 bits per heavy atom. The van der Waals surface area contributed by atoms with Crippen molar-refractivity contribution in [1.29, 1.82) is 0 Å². The summed E-state index contributed by atoms with van der Waals surface area (Å²) in [7, 11) is 0. The molecular formula is C25H20FN3O3. The summed E-state index contributed by atoms with van der Waals surface area (Å²) >= 11 is 0. The van der Waals surface area contributed by atoms with Crippen molar-refractivity contribution in [3.8, 4) is 0 Å². The number of aromatic amines is 1. The minimum atomic E-state index is -0.622. The van der Waals surface area contributed by atoms with Crippen molar-refractivity contribution in [2.75, 3.05) is 0 Å². The average molecular weight is 429 g/mol. The van der Waals surface area contributed by atoms with Crippen LogP contribution in [0.25, 0.3) is 10.9 Å². The van der Waals surface area contributed by atoms with Gasteiger partial charge < -0.3 is 14.6 Å². The summed E-state index contributed by atoms with van der Waals surface area (Å²) in [6.07, 6.45) is 4.58. The number of amides is 1. The molecule has 6 nitrogen and oxygen atoms in total. The second-order valence-electron chi connectivity index (χ2n) is 7.80. The Morgan fingerprint density at radius 3 is 2.84 bits per heavy atom. The zero-order valence-corrected chi connectivity index (χ0v) is 17.1. The molecule has 4 aromatic rings. The lowest BCUT2D eigenvalue weighted by atomic mass is 10.0. The highest BCUT2D eigenvalue weighted by Crippen LogP contribution is 2.33. The third-order valence-corrected chi connectivity index (χ3v) is 5.68. The lowest BCUT2D eigenvalue weighted by Crippen LogP contribution is -2.31. The summed E-state index contributed by atoms with van der Waals surface area (Å²) in [4.78, 5) is 34.5. The fourth-order valence-electron chi connectivity index (χ4n) is 4.09. The first kappa shape index (κ1) is 19.9. The zero-order chi connectivity index (χ0) is 22.1. The first-order valence-electron chi connectivity index (χ1n) is 10.3. The van der Waals surface area contributed by atoms with E-state index < -0.39 is 12.1 Å². The van der Waals surface area contributed by atoms with Gasteiger partial charge in [-0.3, -0.25) is 9.78 Å². The molecule has 160 valence electrons. The SMILES string of the molecule is O=C1OC(CC(=O)N(Cc2cccnc2)Cc2c[nH]c3ccc(F)cc23)c2ccccc21. The number of benzene rings is 2. The molecule has 0 fully saturated rings. The maximum absolute atomic E-state index is 13.8. The van der Waals surface area contributed by atoms with Gasteiger partial charge in [0.2, 0.25) is 5.91 Å². The lowest BCUT2D eigenvalue weighted by Gasteiger charge is -2.24. The predicted molar refractivity (Wildman–Crippen MR) is 116 cm³/mol. The van der Waals surface area contributed by atoms with Gasteiger partial charge >= 0.3 is 5.97 Å². The molecule has 5 rings (SSSR count). The third kappa shape index (κ3) is 3.85. The maximum Gasteiger partial charge on any atom is 0.339 e. The Labute approximate surface area is 183 Å². The van der Waals surface area contributed by atoms with E-state index in [2.05, 4.69) is 9.97 Å². The Kier molecular flexibility index (Phi) is 5.15. The molecule has 2 aromatic carbocycles. The van der Waals surface area contributed by atoms with Crippen LogP contribution in [0.3, 0.4) is 0 Å². The van der Waals surface area contributed by atoms with E-state index in [9.17, 15) is 14.0 Å². The van der Waals surface area contributed by atoms with Crippen molar-refractivity contribution < 1.29 is 18.7 Å². The first-order chi connectivity index (χ1) is 15.6. The van der Waals surface area contributed by atoms with Crippen LogP contribution in [0, 0.1) is 5.82 Å². The Bertz CT molecular complexity index is 1300. The number of carbonyl (C=O) groups excluding carboxylic acids is 2. The molecule has 1 N–H and O–H groups in total. The standard InChI is InChI=1S/C25H20FN3O3/c26-18-7-8-22-21(10-18)17(13-28-22)15-29(14-16-4-3-9-27-12-16)24(30)11-23-19-5-1-2-6-20(19)25(31)32-23/h1-10,12-13,23,28H,11,14-15H2. The van der Waals surface area contributed by atoms with Crippen LogP contribution in [0.1, 0.15) is 39.6 Å². The highest BCUT2D eigenvalue weighted by Gasteiger charge is 2.33. The van der Waals surface area contributed by atoms with Gasteiger partial charge in [0.05, 0.1) is 12.0 Å². The topological polar surface area (TPSA) is 75.3 Å². The molecule has 0 aliphatic carbocycles. The summed E-state index contributed by atoms with van der Waals surface area (Å²) < 4.78 is 19.3. The van der Waals surface area contributed by atoms with Gasteiger partial charge in [-0.05, 0) is 41.5 Å². The Balaban J connectivity index is 1.42. The van der Waals surface area contributed by atoms with Crippen LogP contribution in [0.2, 0.25) is 0 Å². The normalized spacial score (nSPS) is 14.9. The van der Waals surface area contributed by atoms with Gasteiger partial charge in [-0.25, -0.2) is 9.18 Å². The monoisotopic (exact) mass is 429 g/mol. The van der Waals surface area contributed by atoms with Crippen LogP contribution in [0.5, 0.6) is 0 Å². The van der Waals surface area contributed by atoms with Gasteiger partial charge in [0.1, 0.15) is 11.9 Å². The summed E-state index contributed by atoms with van der Waals surface area (Å²) in [5, 5.41) is 0.728. The van der Waals surface area contributed by atoms with E-state index in [1.54, 1.807) is 41.7 Å². The molecule has 0 saturated heterocycles. The number of esters is 1. The number of nitrogens with zero attached hydrogens (tertiary/aromatic N) is 2.